The number of carbonyl (C=O) groups is 2. The first kappa shape index (κ1) is 24.2. The van der Waals surface area contributed by atoms with Gasteiger partial charge in [0.05, 0.1) is 38.0 Å². The summed E-state index contributed by atoms with van der Waals surface area (Å²) >= 11 is 6.05. The summed E-state index contributed by atoms with van der Waals surface area (Å²) in [6.07, 6.45) is 0. The summed E-state index contributed by atoms with van der Waals surface area (Å²) in [5, 5.41) is 11.8. The van der Waals surface area contributed by atoms with E-state index in [0.717, 1.165) is 0 Å². The van der Waals surface area contributed by atoms with Crippen LogP contribution in [-0.4, -0.2) is 37.6 Å². The number of hydrogen-bond donors (Lipinski definition) is 1. The number of aliphatic hydroxyl groups is 1. The van der Waals surface area contributed by atoms with E-state index >= 15 is 0 Å². The predicted molar refractivity (Wildman–Crippen MR) is 133 cm³/mol. The lowest BCUT2D eigenvalue weighted by atomic mass is 9.94. The molecule has 1 atom stereocenters. The fraction of sp³-hybridized carbons (Fsp3) is 0.185. The molecule has 3 aromatic carbocycles. The number of nitrogens with zero attached hydrogens (tertiary/aromatic N) is 1. The van der Waals surface area contributed by atoms with Crippen LogP contribution in [0.25, 0.3) is 5.76 Å². The average Bonchev–Trinajstić information content (AvgIpc) is 3.14. The van der Waals surface area contributed by atoms with Crippen molar-refractivity contribution in [2.45, 2.75) is 13.0 Å². The molecule has 1 aliphatic rings. The van der Waals surface area contributed by atoms with Gasteiger partial charge in [-0.3, -0.25) is 14.5 Å². The highest BCUT2D eigenvalue weighted by molar-refractivity contribution is 6.51. The molecule has 0 radical (unpaired) electrons. The molecular weight excluding hydrogens is 470 g/mol. The number of ketones is 1. The van der Waals surface area contributed by atoms with Crippen molar-refractivity contribution in [2.24, 2.45) is 0 Å². The van der Waals surface area contributed by atoms with Gasteiger partial charge in [-0.05, 0) is 61.0 Å². The number of methoxy groups -OCH3 is 2. The second-order valence-corrected chi connectivity index (χ2v) is 8.13. The van der Waals surface area contributed by atoms with Gasteiger partial charge in [0, 0.05) is 10.7 Å². The lowest BCUT2D eigenvalue weighted by Gasteiger charge is -2.26. The number of amides is 1. The molecule has 1 heterocycles. The molecule has 1 aliphatic heterocycles. The molecule has 0 spiro atoms. The Morgan fingerprint density at radius 2 is 1.63 bits per heavy atom. The monoisotopic (exact) mass is 493 g/mol. The van der Waals surface area contributed by atoms with Crippen LogP contribution in [-0.2, 0) is 9.59 Å². The second kappa shape index (κ2) is 10.1. The first-order valence-electron chi connectivity index (χ1n) is 10.9. The van der Waals surface area contributed by atoms with E-state index in [0.29, 0.717) is 45.7 Å². The number of carbonyl (C=O) groups excluding carboxylic acids is 2. The number of hydrogen-bond acceptors (Lipinski definition) is 6. The molecule has 1 amide bonds. The summed E-state index contributed by atoms with van der Waals surface area (Å²) in [6, 6.07) is 17.5. The van der Waals surface area contributed by atoms with Gasteiger partial charge in [-0.2, -0.15) is 0 Å². The quantitative estimate of drug-likeness (QED) is 0.270. The van der Waals surface area contributed by atoms with Crippen LogP contribution in [0.15, 0.2) is 72.3 Å². The lowest BCUT2D eigenvalue weighted by Crippen LogP contribution is -2.29. The van der Waals surface area contributed by atoms with Crippen LogP contribution in [0.5, 0.6) is 17.2 Å². The summed E-state index contributed by atoms with van der Waals surface area (Å²) in [6.45, 7) is 2.23. The van der Waals surface area contributed by atoms with E-state index in [1.54, 1.807) is 66.7 Å². The highest BCUT2D eigenvalue weighted by Gasteiger charge is 2.47. The fourth-order valence-electron chi connectivity index (χ4n) is 4.13. The van der Waals surface area contributed by atoms with Crippen molar-refractivity contribution in [3.8, 4) is 17.2 Å². The smallest absolute Gasteiger partial charge is 0.300 e. The SMILES string of the molecule is CCOc1cc(C2/C(=C(/O)c3ccccc3OC)C(=O)C(=O)N2c2ccc(Cl)cc2)ccc1OC. The molecule has 1 saturated heterocycles. The van der Waals surface area contributed by atoms with Gasteiger partial charge in [0.25, 0.3) is 11.7 Å². The number of ether oxygens (including phenoxy) is 3. The van der Waals surface area contributed by atoms with Crippen LogP contribution in [0.4, 0.5) is 5.69 Å². The van der Waals surface area contributed by atoms with Gasteiger partial charge in [0.2, 0.25) is 0 Å². The van der Waals surface area contributed by atoms with Gasteiger partial charge in [-0.15, -0.1) is 0 Å². The van der Waals surface area contributed by atoms with Crippen LogP contribution in [0.2, 0.25) is 5.02 Å². The van der Waals surface area contributed by atoms with E-state index in [2.05, 4.69) is 0 Å². The van der Waals surface area contributed by atoms with E-state index in [1.807, 2.05) is 6.92 Å². The second-order valence-electron chi connectivity index (χ2n) is 7.69. The lowest BCUT2D eigenvalue weighted by molar-refractivity contribution is -0.132. The number of anilines is 1. The van der Waals surface area contributed by atoms with E-state index in [-0.39, 0.29) is 11.3 Å². The molecule has 0 saturated carbocycles. The third-order valence-electron chi connectivity index (χ3n) is 5.71. The Bertz CT molecular complexity index is 1300. The van der Waals surface area contributed by atoms with Crippen molar-refractivity contribution < 1.29 is 28.9 Å². The number of Topliss-reactive ketones (excluding diaryl/α,β-unsaturated/α-hetero) is 1. The zero-order valence-corrected chi connectivity index (χ0v) is 20.2. The van der Waals surface area contributed by atoms with Crippen molar-refractivity contribution >= 4 is 34.7 Å². The van der Waals surface area contributed by atoms with Crippen LogP contribution in [0.3, 0.4) is 0 Å². The van der Waals surface area contributed by atoms with E-state index in [1.165, 1.54) is 19.1 Å². The molecule has 0 bridgehead atoms. The first-order chi connectivity index (χ1) is 16.9. The Morgan fingerprint density at radius 1 is 0.943 bits per heavy atom. The average molecular weight is 494 g/mol. The molecule has 3 aromatic rings. The Hall–Kier alpha value is -3.97. The first-order valence-corrected chi connectivity index (χ1v) is 11.3. The van der Waals surface area contributed by atoms with Crippen molar-refractivity contribution in [3.05, 3.63) is 88.5 Å². The molecule has 8 heteroatoms. The highest BCUT2D eigenvalue weighted by Crippen LogP contribution is 2.45. The third-order valence-corrected chi connectivity index (χ3v) is 5.97. The number of benzene rings is 3. The molecule has 0 aliphatic carbocycles. The number of aliphatic hydroxyl groups excluding tert-OH is 1. The highest BCUT2D eigenvalue weighted by atomic mass is 35.5. The minimum Gasteiger partial charge on any atom is -0.507 e. The van der Waals surface area contributed by atoms with Gasteiger partial charge in [0.15, 0.2) is 11.5 Å². The molecule has 1 fully saturated rings. The molecule has 4 rings (SSSR count). The van der Waals surface area contributed by atoms with Gasteiger partial charge >= 0.3 is 0 Å². The minimum atomic E-state index is -0.939. The predicted octanol–water partition coefficient (Wildman–Crippen LogP) is 5.38. The summed E-state index contributed by atoms with van der Waals surface area (Å²) in [5.41, 5.74) is 1.24. The molecule has 1 unspecified atom stereocenters. The zero-order chi connectivity index (χ0) is 25.1. The fourth-order valence-corrected chi connectivity index (χ4v) is 4.26. The van der Waals surface area contributed by atoms with E-state index in [4.69, 9.17) is 25.8 Å². The standard InChI is InChI=1S/C27H24ClNO6/c1-4-35-22-15-16(9-14-21(22)34-3)24-23(25(30)19-7-5-6-8-20(19)33-2)26(31)27(32)29(24)18-12-10-17(28)11-13-18/h5-15,24,30H,4H2,1-3H3/b25-23-. The largest absolute Gasteiger partial charge is 0.507 e. The van der Waals surface area contributed by atoms with Crippen molar-refractivity contribution in [1.82, 2.24) is 0 Å². The van der Waals surface area contributed by atoms with Crippen molar-refractivity contribution in [1.29, 1.82) is 0 Å². The van der Waals surface area contributed by atoms with Gasteiger partial charge in [-0.1, -0.05) is 29.8 Å². The number of halogens is 1. The molecular formula is C27H24ClNO6. The van der Waals surface area contributed by atoms with Gasteiger partial charge in [-0.25, -0.2) is 0 Å². The number of para-hydroxylation sites is 1. The van der Waals surface area contributed by atoms with Gasteiger partial charge in [0.1, 0.15) is 11.5 Å². The van der Waals surface area contributed by atoms with Crippen LogP contribution in [0.1, 0.15) is 24.1 Å². The Kier molecular flexibility index (Phi) is 6.98. The number of rotatable bonds is 7. The maximum absolute atomic E-state index is 13.4. The maximum atomic E-state index is 13.4. The summed E-state index contributed by atoms with van der Waals surface area (Å²) in [7, 11) is 2.99. The molecule has 180 valence electrons. The van der Waals surface area contributed by atoms with E-state index in [9.17, 15) is 14.7 Å². The van der Waals surface area contributed by atoms with E-state index < -0.39 is 17.7 Å². The Labute approximate surface area is 208 Å². The molecule has 7 nitrogen and oxygen atoms in total. The van der Waals surface area contributed by atoms with Crippen LogP contribution >= 0.6 is 11.6 Å². The maximum Gasteiger partial charge on any atom is 0.300 e. The van der Waals surface area contributed by atoms with Crippen molar-refractivity contribution in [2.75, 3.05) is 25.7 Å². The Morgan fingerprint density at radius 3 is 2.29 bits per heavy atom. The molecule has 35 heavy (non-hydrogen) atoms. The Balaban J connectivity index is 1.98. The minimum absolute atomic E-state index is 0.0675. The summed E-state index contributed by atoms with van der Waals surface area (Å²) in [5.74, 6) is -0.609. The van der Waals surface area contributed by atoms with Gasteiger partial charge < -0.3 is 19.3 Å². The topological polar surface area (TPSA) is 85.3 Å². The zero-order valence-electron chi connectivity index (χ0n) is 19.4. The molecule has 1 N–H and O–H groups in total. The van der Waals surface area contributed by atoms with Crippen LogP contribution in [0, 0.1) is 0 Å². The summed E-state index contributed by atoms with van der Waals surface area (Å²) < 4.78 is 16.5. The normalized spacial score (nSPS) is 16.9. The summed E-state index contributed by atoms with van der Waals surface area (Å²) in [4.78, 5) is 28.0. The van der Waals surface area contributed by atoms with Crippen molar-refractivity contribution in [3.63, 3.8) is 0 Å². The van der Waals surface area contributed by atoms with Crippen LogP contribution < -0.4 is 19.1 Å². The molecule has 0 aromatic heterocycles. The third kappa shape index (κ3) is 4.42.